The van der Waals surface area contributed by atoms with Gasteiger partial charge in [-0.3, -0.25) is 9.59 Å². The van der Waals surface area contributed by atoms with Gasteiger partial charge in [0.2, 0.25) is 10.0 Å². The van der Waals surface area contributed by atoms with Crippen molar-refractivity contribution in [3.63, 3.8) is 0 Å². The third kappa shape index (κ3) is 5.14. The molecule has 2 aromatic carbocycles. The molecule has 0 aliphatic carbocycles. The molecule has 0 radical (unpaired) electrons. The van der Waals surface area contributed by atoms with Crippen molar-refractivity contribution >= 4 is 27.5 Å². The first-order chi connectivity index (χ1) is 14.6. The molecule has 1 fully saturated rings. The number of rotatable bonds is 5. The third-order valence-corrected chi connectivity index (χ3v) is 7.73. The number of carbonyl (C=O) groups excluding carboxylic acids is 2. The van der Waals surface area contributed by atoms with Gasteiger partial charge >= 0.3 is 11.8 Å². The second-order valence-electron chi connectivity index (χ2n) is 8.17. The van der Waals surface area contributed by atoms with Crippen LogP contribution in [0.5, 0.6) is 0 Å². The lowest BCUT2D eigenvalue weighted by Crippen LogP contribution is -2.45. The fourth-order valence-corrected chi connectivity index (χ4v) is 6.33. The van der Waals surface area contributed by atoms with Crippen molar-refractivity contribution in [2.45, 2.75) is 51.5 Å². The van der Waals surface area contributed by atoms with Gasteiger partial charge in [-0.2, -0.15) is 4.31 Å². The number of sulfonamides is 1. The number of benzene rings is 2. The van der Waals surface area contributed by atoms with Crippen LogP contribution in [0.25, 0.3) is 0 Å². The van der Waals surface area contributed by atoms with Crippen molar-refractivity contribution in [3.8, 4) is 0 Å². The fourth-order valence-electron chi connectivity index (χ4n) is 4.22. The number of carbonyl (C=O) groups is 2. The van der Waals surface area contributed by atoms with E-state index in [1.807, 2.05) is 32.0 Å². The van der Waals surface area contributed by atoms with E-state index in [0.717, 1.165) is 11.1 Å². The summed E-state index contributed by atoms with van der Waals surface area (Å²) in [5.74, 6) is -1.56. The number of aryl methyl sites for hydroxylation is 4. The van der Waals surface area contributed by atoms with E-state index in [-0.39, 0.29) is 12.6 Å². The summed E-state index contributed by atoms with van der Waals surface area (Å²) in [7, 11) is -3.71. The van der Waals surface area contributed by atoms with Gasteiger partial charge < -0.3 is 10.6 Å². The van der Waals surface area contributed by atoms with Gasteiger partial charge in [0.25, 0.3) is 0 Å². The molecule has 2 amide bonds. The van der Waals surface area contributed by atoms with E-state index >= 15 is 0 Å². The summed E-state index contributed by atoms with van der Waals surface area (Å²) in [6.45, 7) is 7.91. The average Bonchev–Trinajstić information content (AvgIpc) is 3.14. The summed E-state index contributed by atoms with van der Waals surface area (Å²) in [5.41, 5.74) is 3.94. The fraction of sp³-hybridized carbons (Fsp3) is 0.391. The Bertz CT molecular complexity index is 1090. The summed E-state index contributed by atoms with van der Waals surface area (Å²) < 4.78 is 28.2. The van der Waals surface area contributed by atoms with E-state index < -0.39 is 21.8 Å². The highest BCUT2D eigenvalue weighted by atomic mass is 32.2. The molecule has 0 unspecified atom stereocenters. The normalized spacial score (nSPS) is 16.8. The van der Waals surface area contributed by atoms with Gasteiger partial charge in [0.1, 0.15) is 0 Å². The van der Waals surface area contributed by atoms with Gasteiger partial charge in [0.15, 0.2) is 0 Å². The van der Waals surface area contributed by atoms with E-state index in [2.05, 4.69) is 10.6 Å². The number of hydrogen-bond donors (Lipinski definition) is 2. The molecule has 2 aromatic rings. The lowest BCUT2D eigenvalue weighted by Gasteiger charge is -2.26. The molecule has 166 valence electrons. The van der Waals surface area contributed by atoms with Crippen molar-refractivity contribution in [1.82, 2.24) is 9.62 Å². The molecule has 0 aromatic heterocycles. The first kappa shape index (κ1) is 23.0. The van der Waals surface area contributed by atoms with Crippen LogP contribution in [0, 0.1) is 27.7 Å². The highest BCUT2D eigenvalue weighted by Crippen LogP contribution is 2.30. The van der Waals surface area contributed by atoms with Crippen molar-refractivity contribution in [2.75, 3.05) is 18.4 Å². The maximum absolute atomic E-state index is 13.4. The Labute approximate surface area is 183 Å². The number of anilines is 1. The summed E-state index contributed by atoms with van der Waals surface area (Å²) in [6, 6.07) is 10.5. The number of nitrogens with zero attached hydrogens (tertiary/aromatic N) is 1. The van der Waals surface area contributed by atoms with E-state index in [0.29, 0.717) is 41.1 Å². The van der Waals surface area contributed by atoms with Crippen LogP contribution in [0.15, 0.2) is 41.3 Å². The van der Waals surface area contributed by atoms with Gasteiger partial charge in [0, 0.05) is 24.8 Å². The second kappa shape index (κ2) is 9.20. The molecule has 0 spiro atoms. The lowest BCUT2D eigenvalue weighted by molar-refractivity contribution is -0.136. The second-order valence-corrected chi connectivity index (χ2v) is 10.0. The maximum atomic E-state index is 13.4. The molecule has 3 rings (SSSR count). The van der Waals surface area contributed by atoms with Crippen LogP contribution in [0.3, 0.4) is 0 Å². The molecule has 1 aliphatic rings. The summed E-state index contributed by atoms with van der Waals surface area (Å²) in [6.07, 6.45) is 1.34. The summed E-state index contributed by atoms with van der Waals surface area (Å²) in [4.78, 5) is 24.8. The van der Waals surface area contributed by atoms with Gasteiger partial charge in [0.05, 0.1) is 4.90 Å². The standard InChI is InChI=1S/C23H29N3O4S/c1-15-7-5-8-19(13-15)25-23(28)22(27)24-14-20-9-6-10-26(20)31(29,30)21-17(3)11-16(2)12-18(21)4/h5,7-8,11-13,20H,6,9-10,14H2,1-4H3,(H,24,27)(H,25,28)/t20-/m1/s1. The van der Waals surface area contributed by atoms with E-state index in [4.69, 9.17) is 0 Å². The number of amides is 2. The minimum absolute atomic E-state index is 0.0866. The first-order valence-electron chi connectivity index (χ1n) is 10.3. The summed E-state index contributed by atoms with van der Waals surface area (Å²) in [5, 5.41) is 5.16. The third-order valence-electron chi connectivity index (χ3n) is 5.47. The number of hydrogen-bond acceptors (Lipinski definition) is 4. The lowest BCUT2D eigenvalue weighted by atomic mass is 10.1. The SMILES string of the molecule is Cc1cccc(NC(=O)C(=O)NC[C@H]2CCCN2S(=O)(=O)c2c(C)cc(C)cc2C)c1. The average molecular weight is 444 g/mol. The molecule has 1 saturated heterocycles. The molecular formula is C23H29N3O4S. The Morgan fingerprint density at radius 1 is 1.00 bits per heavy atom. The smallest absolute Gasteiger partial charge is 0.313 e. The van der Waals surface area contributed by atoms with Gasteiger partial charge in [-0.1, -0.05) is 29.8 Å². The van der Waals surface area contributed by atoms with Crippen LogP contribution in [-0.2, 0) is 19.6 Å². The predicted octanol–water partition coefficient (Wildman–Crippen LogP) is 2.83. The minimum Gasteiger partial charge on any atom is -0.346 e. The molecule has 0 saturated carbocycles. The maximum Gasteiger partial charge on any atom is 0.313 e. The zero-order valence-electron chi connectivity index (χ0n) is 18.4. The van der Waals surface area contributed by atoms with Crippen LogP contribution in [0.2, 0.25) is 0 Å². The molecule has 31 heavy (non-hydrogen) atoms. The van der Waals surface area contributed by atoms with Crippen LogP contribution in [0.4, 0.5) is 5.69 Å². The molecule has 7 nitrogen and oxygen atoms in total. The molecule has 2 N–H and O–H groups in total. The zero-order valence-corrected chi connectivity index (χ0v) is 19.2. The van der Waals surface area contributed by atoms with Crippen molar-refractivity contribution in [2.24, 2.45) is 0 Å². The molecule has 1 atom stereocenters. The minimum atomic E-state index is -3.71. The Kier molecular flexibility index (Phi) is 6.81. The topological polar surface area (TPSA) is 95.6 Å². The molecule has 8 heteroatoms. The van der Waals surface area contributed by atoms with Crippen molar-refractivity contribution in [3.05, 3.63) is 58.7 Å². The van der Waals surface area contributed by atoms with Crippen molar-refractivity contribution in [1.29, 1.82) is 0 Å². The first-order valence-corrected chi connectivity index (χ1v) is 11.8. The quantitative estimate of drug-likeness (QED) is 0.695. The molecule has 0 bridgehead atoms. The van der Waals surface area contributed by atoms with E-state index in [1.165, 1.54) is 4.31 Å². The molecular weight excluding hydrogens is 414 g/mol. The number of nitrogens with one attached hydrogen (secondary N) is 2. The Morgan fingerprint density at radius 3 is 2.32 bits per heavy atom. The van der Waals surface area contributed by atoms with Crippen LogP contribution < -0.4 is 10.6 Å². The van der Waals surface area contributed by atoms with Gasteiger partial charge in [-0.25, -0.2) is 8.42 Å². The Morgan fingerprint density at radius 2 is 1.68 bits per heavy atom. The predicted molar refractivity (Wildman–Crippen MR) is 120 cm³/mol. The van der Waals surface area contributed by atoms with E-state index in [1.54, 1.807) is 32.0 Å². The van der Waals surface area contributed by atoms with Crippen LogP contribution in [-0.4, -0.2) is 43.7 Å². The van der Waals surface area contributed by atoms with E-state index in [9.17, 15) is 18.0 Å². The summed E-state index contributed by atoms with van der Waals surface area (Å²) >= 11 is 0. The molecule has 1 aliphatic heterocycles. The Balaban J connectivity index is 1.68. The van der Waals surface area contributed by atoms with Gasteiger partial charge in [-0.15, -0.1) is 0 Å². The monoisotopic (exact) mass is 443 g/mol. The molecule has 1 heterocycles. The Hall–Kier alpha value is -2.71. The van der Waals surface area contributed by atoms with Crippen molar-refractivity contribution < 1.29 is 18.0 Å². The van der Waals surface area contributed by atoms with Crippen LogP contribution >= 0.6 is 0 Å². The van der Waals surface area contributed by atoms with Crippen LogP contribution in [0.1, 0.15) is 35.1 Å². The van der Waals surface area contributed by atoms with Gasteiger partial charge in [-0.05, 0) is 69.4 Å². The largest absolute Gasteiger partial charge is 0.346 e. The zero-order chi connectivity index (χ0) is 22.8. The highest BCUT2D eigenvalue weighted by Gasteiger charge is 2.37. The highest BCUT2D eigenvalue weighted by molar-refractivity contribution is 7.89.